The first-order chi connectivity index (χ1) is 10.5. The van der Waals surface area contributed by atoms with Gasteiger partial charge < -0.3 is 0 Å². The van der Waals surface area contributed by atoms with Crippen LogP contribution in [0.1, 0.15) is 11.3 Å². The smallest absolute Gasteiger partial charge is 0.234 e. The molecule has 1 aromatic carbocycles. The molecule has 0 aliphatic rings. The predicted octanol–water partition coefficient (Wildman–Crippen LogP) is 4.61. The van der Waals surface area contributed by atoms with Crippen molar-refractivity contribution in [2.45, 2.75) is 39.0 Å². The molecule has 0 saturated heterocycles. The summed E-state index contributed by atoms with van der Waals surface area (Å²) in [5.74, 6) is 0.775. The molecule has 3 nitrogen and oxygen atoms in total. The minimum Gasteiger partial charge on any atom is -0.282 e. The fourth-order valence-electron chi connectivity index (χ4n) is 2.88. The van der Waals surface area contributed by atoms with Crippen LogP contribution in [-0.4, -0.2) is 22.6 Å². The van der Waals surface area contributed by atoms with E-state index in [1.165, 1.54) is 28.2 Å². The third-order valence-corrected chi connectivity index (χ3v) is 5.87. The highest BCUT2D eigenvalue weighted by Crippen LogP contribution is 2.29. The van der Waals surface area contributed by atoms with Crippen molar-refractivity contribution in [3.63, 3.8) is 0 Å². The molecular weight excluding hydrogens is 286 g/mol. The highest BCUT2D eigenvalue weighted by molar-refractivity contribution is 6.76. The van der Waals surface area contributed by atoms with Gasteiger partial charge in [0.25, 0.3) is 0 Å². The van der Waals surface area contributed by atoms with Crippen molar-refractivity contribution in [3.8, 4) is 5.95 Å². The summed E-state index contributed by atoms with van der Waals surface area (Å²) in [7, 11) is -1.09. The number of fused-ring (bicyclic) bond motifs is 1. The number of hydrogen-bond acceptors (Lipinski definition) is 2. The Kier molecular flexibility index (Phi) is 3.87. The van der Waals surface area contributed by atoms with Crippen molar-refractivity contribution >= 4 is 19.0 Å². The fourth-order valence-corrected chi connectivity index (χ4v) is 3.87. The van der Waals surface area contributed by atoms with Crippen molar-refractivity contribution < 1.29 is 0 Å². The third-order valence-electron chi connectivity index (χ3n) is 4.12. The average molecular weight is 309 g/mol. The Balaban J connectivity index is 2.19. The van der Waals surface area contributed by atoms with E-state index in [0.29, 0.717) is 0 Å². The maximum atomic E-state index is 4.48. The van der Waals surface area contributed by atoms with Crippen LogP contribution in [-0.2, 0) is 6.42 Å². The largest absolute Gasteiger partial charge is 0.282 e. The molecular formula is C18H23N3Si. The van der Waals surface area contributed by atoms with Crippen molar-refractivity contribution in [2.75, 3.05) is 0 Å². The van der Waals surface area contributed by atoms with Crippen LogP contribution >= 0.6 is 0 Å². The molecule has 0 bridgehead atoms. The Morgan fingerprint density at radius 3 is 2.36 bits per heavy atom. The van der Waals surface area contributed by atoms with Gasteiger partial charge in [0.15, 0.2) is 0 Å². The molecule has 0 atom stereocenters. The summed E-state index contributed by atoms with van der Waals surface area (Å²) in [5.41, 5.74) is 3.92. The van der Waals surface area contributed by atoms with Crippen LogP contribution in [0, 0.1) is 6.92 Å². The number of para-hydroxylation sites is 1. The molecule has 0 N–H and O–H groups in total. The topological polar surface area (TPSA) is 30.7 Å². The number of benzene rings is 1. The monoisotopic (exact) mass is 309 g/mol. The van der Waals surface area contributed by atoms with E-state index in [0.717, 1.165) is 12.4 Å². The highest BCUT2D eigenvalue weighted by Gasteiger charge is 2.20. The molecule has 4 heteroatoms. The quantitative estimate of drug-likeness (QED) is 0.659. The highest BCUT2D eigenvalue weighted by atomic mass is 28.3. The summed E-state index contributed by atoms with van der Waals surface area (Å²) in [6, 6.07) is 11.7. The predicted molar refractivity (Wildman–Crippen MR) is 95.5 cm³/mol. The number of rotatable bonds is 4. The molecule has 114 valence electrons. The number of nitrogens with zero attached hydrogens (tertiary/aromatic N) is 3. The van der Waals surface area contributed by atoms with Crippen molar-refractivity contribution in [1.29, 1.82) is 0 Å². The van der Waals surface area contributed by atoms with Gasteiger partial charge in [-0.05, 0) is 31.0 Å². The van der Waals surface area contributed by atoms with Crippen molar-refractivity contribution in [2.24, 2.45) is 0 Å². The zero-order valence-electron chi connectivity index (χ0n) is 13.8. The molecule has 0 spiro atoms. The van der Waals surface area contributed by atoms with Crippen molar-refractivity contribution in [1.82, 2.24) is 14.5 Å². The van der Waals surface area contributed by atoms with E-state index in [4.69, 9.17) is 0 Å². The second-order valence-corrected chi connectivity index (χ2v) is 12.7. The summed E-state index contributed by atoms with van der Waals surface area (Å²) < 4.78 is 2.24. The first kappa shape index (κ1) is 15.0. The summed E-state index contributed by atoms with van der Waals surface area (Å²) in [6.07, 6.45) is 4.72. The normalized spacial score (nSPS) is 12.0. The first-order valence-electron chi connectivity index (χ1n) is 7.84. The number of aryl methyl sites for hydroxylation is 1. The summed E-state index contributed by atoms with van der Waals surface area (Å²) in [4.78, 5) is 8.96. The first-order valence-corrected chi connectivity index (χ1v) is 11.5. The summed E-state index contributed by atoms with van der Waals surface area (Å²) in [5, 5.41) is 1.31. The Morgan fingerprint density at radius 2 is 1.68 bits per heavy atom. The van der Waals surface area contributed by atoms with E-state index < -0.39 is 8.07 Å². The second kappa shape index (κ2) is 5.69. The molecule has 0 radical (unpaired) electrons. The number of hydrogen-bond donors (Lipinski definition) is 0. The lowest BCUT2D eigenvalue weighted by molar-refractivity contribution is 0.871. The van der Waals surface area contributed by atoms with E-state index in [1.54, 1.807) is 0 Å². The molecule has 0 saturated carbocycles. The summed E-state index contributed by atoms with van der Waals surface area (Å²) >= 11 is 0. The van der Waals surface area contributed by atoms with Gasteiger partial charge in [0, 0.05) is 31.5 Å². The molecule has 0 unspecified atom stereocenters. The summed E-state index contributed by atoms with van der Waals surface area (Å²) in [6.45, 7) is 9.50. The van der Waals surface area contributed by atoms with Gasteiger partial charge in [-0.1, -0.05) is 43.9 Å². The van der Waals surface area contributed by atoms with Gasteiger partial charge in [0.05, 0.1) is 5.52 Å². The van der Waals surface area contributed by atoms with Gasteiger partial charge in [-0.2, -0.15) is 0 Å². The minimum atomic E-state index is -1.09. The van der Waals surface area contributed by atoms with Crippen LogP contribution < -0.4 is 0 Å². The molecule has 2 heterocycles. The Morgan fingerprint density at radius 1 is 1.00 bits per heavy atom. The zero-order valence-corrected chi connectivity index (χ0v) is 14.8. The number of aromatic nitrogens is 3. The molecule has 0 fully saturated rings. The van der Waals surface area contributed by atoms with Gasteiger partial charge in [0.1, 0.15) is 0 Å². The van der Waals surface area contributed by atoms with E-state index >= 15 is 0 Å². The van der Waals surface area contributed by atoms with Crippen LogP contribution in [0.2, 0.25) is 25.7 Å². The zero-order chi connectivity index (χ0) is 15.7. The molecule has 3 aromatic rings. The van der Waals surface area contributed by atoms with Gasteiger partial charge in [-0.3, -0.25) is 4.57 Å². The molecule has 22 heavy (non-hydrogen) atoms. The molecule has 2 aromatic heterocycles. The van der Waals surface area contributed by atoms with E-state index in [-0.39, 0.29) is 0 Å². The Hall–Kier alpha value is -1.94. The lowest BCUT2D eigenvalue weighted by atomic mass is 10.1. The lowest BCUT2D eigenvalue weighted by Gasteiger charge is -2.17. The maximum Gasteiger partial charge on any atom is 0.234 e. The van der Waals surface area contributed by atoms with Crippen LogP contribution in [0.3, 0.4) is 0 Å². The molecule has 0 aliphatic heterocycles. The second-order valence-electron chi connectivity index (χ2n) is 7.03. The van der Waals surface area contributed by atoms with E-state index in [2.05, 4.69) is 65.4 Å². The maximum absolute atomic E-state index is 4.48. The molecule has 0 amide bonds. The van der Waals surface area contributed by atoms with E-state index in [1.807, 2.05) is 18.5 Å². The van der Waals surface area contributed by atoms with Crippen LogP contribution in [0.15, 0.2) is 42.7 Å². The third kappa shape index (κ3) is 2.83. The molecule has 3 rings (SSSR count). The van der Waals surface area contributed by atoms with Crippen LogP contribution in [0.4, 0.5) is 0 Å². The van der Waals surface area contributed by atoms with Crippen LogP contribution in [0.25, 0.3) is 16.9 Å². The molecule has 0 aliphatic carbocycles. The average Bonchev–Trinajstić information content (AvgIpc) is 2.78. The van der Waals surface area contributed by atoms with Gasteiger partial charge in [-0.15, -0.1) is 0 Å². The SMILES string of the molecule is Cc1c(CC[Si](C)(C)C)n(-c2ncccn2)c2ccccc12. The fraction of sp³-hybridized carbons (Fsp3) is 0.333. The van der Waals surface area contributed by atoms with Gasteiger partial charge in [0.2, 0.25) is 5.95 Å². The minimum absolute atomic E-state index is 0.775. The lowest BCUT2D eigenvalue weighted by Crippen LogP contribution is -2.21. The Labute approximate surface area is 133 Å². The Bertz CT molecular complexity index is 785. The van der Waals surface area contributed by atoms with E-state index in [9.17, 15) is 0 Å². The van der Waals surface area contributed by atoms with Gasteiger partial charge in [-0.25, -0.2) is 9.97 Å². The van der Waals surface area contributed by atoms with Crippen molar-refractivity contribution in [3.05, 3.63) is 54.0 Å². The van der Waals surface area contributed by atoms with Gasteiger partial charge >= 0.3 is 0 Å². The standard InChI is InChI=1S/C18H23N3Si/c1-14-15-8-5-6-9-17(15)21(18-19-11-7-12-20-18)16(14)10-13-22(2,3)4/h5-9,11-12H,10,13H2,1-4H3. The van der Waals surface area contributed by atoms with Crippen LogP contribution in [0.5, 0.6) is 0 Å².